The van der Waals surface area contributed by atoms with Crippen LogP contribution in [-0.4, -0.2) is 23.9 Å². The molecule has 0 spiro atoms. The van der Waals surface area contributed by atoms with Gasteiger partial charge in [0.15, 0.2) is 0 Å². The summed E-state index contributed by atoms with van der Waals surface area (Å²) in [6, 6.07) is 10.9. The van der Waals surface area contributed by atoms with E-state index in [1.54, 1.807) is 12.1 Å². The molecular weight excluding hydrogens is 346 g/mol. The number of amides is 1. The Morgan fingerprint density at radius 1 is 1.12 bits per heavy atom. The van der Waals surface area contributed by atoms with Crippen molar-refractivity contribution in [2.45, 2.75) is 19.4 Å². The number of hydrogen-bond donors (Lipinski definition) is 1. The van der Waals surface area contributed by atoms with Crippen molar-refractivity contribution >= 4 is 23.2 Å². The van der Waals surface area contributed by atoms with Crippen molar-refractivity contribution in [2.75, 3.05) is 18.4 Å². The molecule has 1 N–H and O–H groups in total. The van der Waals surface area contributed by atoms with Gasteiger partial charge in [-0.3, -0.25) is 9.69 Å². The summed E-state index contributed by atoms with van der Waals surface area (Å²) in [5.41, 5.74) is 1.16. The Morgan fingerprint density at radius 2 is 1.84 bits per heavy atom. The summed E-state index contributed by atoms with van der Waals surface area (Å²) in [7, 11) is 0. The number of carbonyl (C=O) groups is 1. The summed E-state index contributed by atoms with van der Waals surface area (Å²) in [5, 5.41) is 2.77. The first-order valence-electron chi connectivity index (χ1n) is 8.24. The Labute approximate surface area is 150 Å². The topological polar surface area (TPSA) is 32.3 Å². The lowest BCUT2D eigenvalue weighted by molar-refractivity contribution is -0.121. The number of likely N-dealkylation sites (tertiary alicyclic amines) is 1. The standard InChI is InChI=1S/C19H19ClF2N2O/c20-16-11-15(5-6-18(16)22)23-19(25)13-7-9-24(10-8-13)12-14-3-1-2-4-17(14)21/h1-6,11,13H,7-10,12H2,(H,23,25). The molecule has 2 aromatic carbocycles. The van der Waals surface area contributed by atoms with Crippen LogP contribution in [0.2, 0.25) is 5.02 Å². The molecule has 2 aromatic rings. The predicted octanol–water partition coefficient (Wildman–Crippen LogP) is 4.47. The third kappa shape index (κ3) is 4.55. The van der Waals surface area contributed by atoms with Gasteiger partial charge in [-0.25, -0.2) is 8.78 Å². The molecule has 1 heterocycles. The van der Waals surface area contributed by atoms with Crippen LogP contribution >= 0.6 is 11.6 Å². The van der Waals surface area contributed by atoms with Crippen LogP contribution in [0.5, 0.6) is 0 Å². The van der Waals surface area contributed by atoms with E-state index in [-0.39, 0.29) is 22.7 Å². The van der Waals surface area contributed by atoms with E-state index in [1.165, 1.54) is 24.3 Å². The van der Waals surface area contributed by atoms with E-state index >= 15 is 0 Å². The van der Waals surface area contributed by atoms with Gasteiger partial charge in [-0.15, -0.1) is 0 Å². The molecular formula is C19H19ClF2N2O. The summed E-state index contributed by atoms with van der Waals surface area (Å²) >= 11 is 5.73. The third-order valence-corrected chi connectivity index (χ3v) is 4.79. The average Bonchev–Trinajstić information content (AvgIpc) is 2.61. The van der Waals surface area contributed by atoms with E-state index in [0.29, 0.717) is 30.6 Å². The van der Waals surface area contributed by atoms with Crippen molar-refractivity contribution in [3.05, 3.63) is 64.7 Å². The highest BCUT2D eigenvalue weighted by molar-refractivity contribution is 6.31. The smallest absolute Gasteiger partial charge is 0.227 e. The number of hydrogen-bond acceptors (Lipinski definition) is 2. The lowest BCUT2D eigenvalue weighted by Crippen LogP contribution is -2.37. The molecule has 6 heteroatoms. The fourth-order valence-electron chi connectivity index (χ4n) is 3.04. The summed E-state index contributed by atoms with van der Waals surface area (Å²) in [6.07, 6.45) is 1.41. The lowest BCUT2D eigenvalue weighted by Gasteiger charge is -2.31. The minimum Gasteiger partial charge on any atom is -0.326 e. The van der Waals surface area contributed by atoms with E-state index in [2.05, 4.69) is 10.2 Å². The van der Waals surface area contributed by atoms with E-state index in [4.69, 9.17) is 11.6 Å². The first-order valence-corrected chi connectivity index (χ1v) is 8.62. The molecule has 1 fully saturated rings. The minimum atomic E-state index is -0.513. The molecule has 0 bridgehead atoms. The second kappa shape index (κ2) is 7.93. The van der Waals surface area contributed by atoms with E-state index < -0.39 is 5.82 Å². The first-order chi connectivity index (χ1) is 12.0. The normalized spacial score (nSPS) is 16.0. The summed E-state index contributed by atoms with van der Waals surface area (Å²) in [6.45, 7) is 2.02. The molecule has 1 aliphatic heterocycles. The van der Waals surface area contributed by atoms with Crippen LogP contribution in [0.4, 0.5) is 14.5 Å². The number of halogens is 3. The number of anilines is 1. The molecule has 25 heavy (non-hydrogen) atoms. The van der Waals surface area contributed by atoms with Crippen molar-refractivity contribution in [2.24, 2.45) is 5.92 Å². The zero-order chi connectivity index (χ0) is 17.8. The Kier molecular flexibility index (Phi) is 5.66. The predicted molar refractivity (Wildman–Crippen MR) is 94.4 cm³/mol. The van der Waals surface area contributed by atoms with Crippen LogP contribution in [-0.2, 0) is 11.3 Å². The van der Waals surface area contributed by atoms with Crippen molar-refractivity contribution in [3.63, 3.8) is 0 Å². The fourth-order valence-corrected chi connectivity index (χ4v) is 3.22. The molecule has 3 nitrogen and oxygen atoms in total. The average molecular weight is 365 g/mol. The molecule has 0 aromatic heterocycles. The van der Waals surface area contributed by atoms with Gasteiger partial charge < -0.3 is 5.32 Å². The van der Waals surface area contributed by atoms with Crippen molar-refractivity contribution in [1.29, 1.82) is 0 Å². The Balaban J connectivity index is 1.52. The lowest BCUT2D eigenvalue weighted by atomic mass is 9.95. The molecule has 0 atom stereocenters. The van der Waals surface area contributed by atoms with Gasteiger partial charge in [-0.2, -0.15) is 0 Å². The zero-order valence-electron chi connectivity index (χ0n) is 13.6. The number of nitrogens with one attached hydrogen (secondary N) is 1. The summed E-state index contributed by atoms with van der Waals surface area (Å²) in [4.78, 5) is 14.5. The molecule has 0 unspecified atom stereocenters. The number of piperidine rings is 1. The zero-order valence-corrected chi connectivity index (χ0v) is 14.4. The van der Waals surface area contributed by atoms with Gasteiger partial charge in [0.1, 0.15) is 11.6 Å². The van der Waals surface area contributed by atoms with Crippen molar-refractivity contribution < 1.29 is 13.6 Å². The molecule has 0 radical (unpaired) electrons. The van der Waals surface area contributed by atoms with Gasteiger partial charge in [-0.1, -0.05) is 29.8 Å². The van der Waals surface area contributed by atoms with Crippen LogP contribution in [0.1, 0.15) is 18.4 Å². The SMILES string of the molecule is O=C(Nc1ccc(F)c(Cl)c1)C1CCN(Cc2ccccc2F)CC1. The van der Waals surface area contributed by atoms with E-state index in [0.717, 1.165) is 13.1 Å². The summed E-state index contributed by atoms with van der Waals surface area (Å²) in [5.74, 6) is -0.911. The maximum atomic E-state index is 13.7. The maximum absolute atomic E-state index is 13.7. The molecule has 1 saturated heterocycles. The fraction of sp³-hybridized carbons (Fsp3) is 0.316. The van der Waals surface area contributed by atoms with Crippen LogP contribution in [0.3, 0.4) is 0 Å². The first kappa shape index (κ1) is 17.8. The second-order valence-corrected chi connectivity index (χ2v) is 6.67. The van der Waals surface area contributed by atoms with Crippen LogP contribution in [0, 0.1) is 17.6 Å². The number of rotatable bonds is 4. The van der Waals surface area contributed by atoms with E-state index in [1.807, 2.05) is 6.07 Å². The van der Waals surface area contributed by atoms with Crippen LogP contribution < -0.4 is 5.32 Å². The van der Waals surface area contributed by atoms with Gasteiger partial charge in [0.2, 0.25) is 5.91 Å². The second-order valence-electron chi connectivity index (χ2n) is 6.26. The minimum absolute atomic E-state index is 0.0162. The highest BCUT2D eigenvalue weighted by Crippen LogP contribution is 2.23. The van der Waals surface area contributed by atoms with Crippen molar-refractivity contribution in [3.8, 4) is 0 Å². The molecule has 1 aliphatic rings. The van der Waals surface area contributed by atoms with Crippen LogP contribution in [0.25, 0.3) is 0 Å². The number of benzene rings is 2. The highest BCUT2D eigenvalue weighted by Gasteiger charge is 2.25. The molecule has 1 amide bonds. The van der Waals surface area contributed by atoms with Gasteiger partial charge in [0.25, 0.3) is 0 Å². The van der Waals surface area contributed by atoms with Gasteiger partial charge in [0.05, 0.1) is 5.02 Å². The summed E-state index contributed by atoms with van der Waals surface area (Å²) < 4.78 is 26.9. The Hall–Kier alpha value is -1.98. The Bertz CT molecular complexity index is 761. The quantitative estimate of drug-likeness (QED) is 0.868. The van der Waals surface area contributed by atoms with E-state index in [9.17, 15) is 13.6 Å². The molecule has 0 saturated carbocycles. The Morgan fingerprint density at radius 3 is 2.52 bits per heavy atom. The van der Waals surface area contributed by atoms with Crippen LogP contribution in [0.15, 0.2) is 42.5 Å². The van der Waals surface area contributed by atoms with Gasteiger partial charge in [-0.05, 0) is 50.2 Å². The van der Waals surface area contributed by atoms with Crippen molar-refractivity contribution in [1.82, 2.24) is 4.90 Å². The molecule has 3 rings (SSSR count). The highest BCUT2D eigenvalue weighted by atomic mass is 35.5. The number of carbonyl (C=O) groups excluding carboxylic acids is 1. The van der Waals surface area contributed by atoms with Gasteiger partial charge in [0, 0.05) is 23.7 Å². The maximum Gasteiger partial charge on any atom is 0.227 e. The third-order valence-electron chi connectivity index (χ3n) is 4.50. The largest absolute Gasteiger partial charge is 0.326 e. The molecule has 0 aliphatic carbocycles. The monoisotopic (exact) mass is 364 g/mol. The van der Waals surface area contributed by atoms with Gasteiger partial charge >= 0.3 is 0 Å². The number of nitrogens with zero attached hydrogens (tertiary/aromatic N) is 1. The molecule has 132 valence electrons.